The van der Waals surface area contributed by atoms with Crippen molar-refractivity contribution in [3.05, 3.63) is 12.3 Å². The Morgan fingerprint density at radius 3 is 2.82 bits per heavy atom. The highest BCUT2D eigenvalue weighted by Gasteiger charge is 2.16. The summed E-state index contributed by atoms with van der Waals surface area (Å²) < 4.78 is 1.76. The van der Waals surface area contributed by atoms with Crippen LogP contribution in [0.2, 0.25) is 0 Å². The zero-order chi connectivity index (χ0) is 15.5. The minimum atomic E-state index is -0.359. The Morgan fingerprint density at radius 1 is 1.32 bits per heavy atom. The van der Waals surface area contributed by atoms with Crippen molar-refractivity contribution in [2.75, 3.05) is 23.3 Å². The van der Waals surface area contributed by atoms with Crippen LogP contribution in [0, 0.1) is 11.8 Å². The number of fused-ring (bicyclic) bond motifs is 1. The van der Waals surface area contributed by atoms with Gasteiger partial charge in [0, 0.05) is 32.4 Å². The molecule has 0 atom stereocenters. The lowest BCUT2D eigenvalue weighted by molar-refractivity contribution is -0.111. The molecule has 0 radical (unpaired) electrons. The average molecular weight is 297 g/mol. The first kappa shape index (κ1) is 14.4. The number of nitrogens with one attached hydrogen (secondary N) is 1. The van der Waals surface area contributed by atoms with E-state index in [1.54, 1.807) is 17.8 Å². The van der Waals surface area contributed by atoms with Crippen LogP contribution >= 0.6 is 0 Å². The molecule has 22 heavy (non-hydrogen) atoms. The van der Waals surface area contributed by atoms with Crippen LogP contribution in [0.3, 0.4) is 0 Å². The molecule has 0 bridgehead atoms. The molecule has 0 spiro atoms. The second-order valence-corrected chi connectivity index (χ2v) is 5.41. The molecule has 1 aliphatic rings. The van der Waals surface area contributed by atoms with E-state index in [4.69, 9.17) is 0 Å². The first-order valence-electron chi connectivity index (χ1n) is 7.50. The SMILES string of the molecule is CC#CC(=O)Nc1nn(C)c2cc(N3CCCCC3)ncc12. The van der Waals surface area contributed by atoms with Gasteiger partial charge in [0.25, 0.3) is 0 Å². The van der Waals surface area contributed by atoms with E-state index < -0.39 is 0 Å². The Bertz CT molecular complexity index is 762. The number of piperidine rings is 1. The maximum Gasteiger partial charge on any atom is 0.301 e. The molecule has 1 saturated heterocycles. The Hall–Kier alpha value is -2.55. The Kier molecular flexibility index (Phi) is 3.96. The predicted molar refractivity (Wildman–Crippen MR) is 86.7 cm³/mol. The van der Waals surface area contributed by atoms with Gasteiger partial charge in [0.05, 0.1) is 10.9 Å². The van der Waals surface area contributed by atoms with Crippen molar-refractivity contribution in [3.63, 3.8) is 0 Å². The number of nitrogens with zero attached hydrogens (tertiary/aromatic N) is 4. The molecule has 1 amide bonds. The van der Waals surface area contributed by atoms with Crippen molar-refractivity contribution < 1.29 is 4.79 Å². The van der Waals surface area contributed by atoms with E-state index in [9.17, 15) is 4.79 Å². The molecule has 0 aliphatic carbocycles. The first-order chi connectivity index (χ1) is 10.7. The Labute approximate surface area is 129 Å². The summed E-state index contributed by atoms with van der Waals surface area (Å²) in [5, 5.41) is 7.89. The van der Waals surface area contributed by atoms with Gasteiger partial charge in [0.1, 0.15) is 5.82 Å². The maximum atomic E-state index is 11.6. The summed E-state index contributed by atoms with van der Waals surface area (Å²) in [6.07, 6.45) is 5.49. The number of rotatable bonds is 2. The number of anilines is 2. The van der Waals surface area contributed by atoms with Gasteiger partial charge in [-0.15, -0.1) is 0 Å². The molecule has 1 N–H and O–H groups in total. The topological polar surface area (TPSA) is 63.1 Å². The van der Waals surface area contributed by atoms with Gasteiger partial charge in [-0.3, -0.25) is 14.8 Å². The quantitative estimate of drug-likeness (QED) is 0.860. The third kappa shape index (κ3) is 2.75. The van der Waals surface area contributed by atoms with E-state index in [0.29, 0.717) is 5.82 Å². The van der Waals surface area contributed by atoms with Gasteiger partial charge in [0.15, 0.2) is 5.82 Å². The third-order valence-corrected chi connectivity index (χ3v) is 3.87. The van der Waals surface area contributed by atoms with E-state index in [2.05, 4.69) is 32.1 Å². The molecule has 1 fully saturated rings. The molecule has 1 aliphatic heterocycles. The molecule has 2 aromatic heterocycles. The van der Waals surface area contributed by atoms with Gasteiger partial charge in [-0.05, 0) is 32.1 Å². The maximum absolute atomic E-state index is 11.6. The second-order valence-electron chi connectivity index (χ2n) is 5.41. The number of carbonyl (C=O) groups is 1. The molecule has 2 aromatic rings. The van der Waals surface area contributed by atoms with Crippen LogP contribution in [0.25, 0.3) is 10.9 Å². The van der Waals surface area contributed by atoms with Crippen LogP contribution in [0.5, 0.6) is 0 Å². The van der Waals surface area contributed by atoms with Crippen LogP contribution in [0.15, 0.2) is 12.3 Å². The zero-order valence-electron chi connectivity index (χ0n) is 12.9. The molecule has 0 unspecified atom stereocenters. The van der Waals surface area contributed by atoms with Crippen LogP contribution < -0.4 is 10.2 Å². The van der Waals surface area contributed by atoms with Gasteiger partial charge < -0.3 is 4.90 Å². The minimum absolute atomic E-state index is 0.359. The van der Waals surface area contributed by atoms with E-state index in [0.717, 1.165) is 29.8 Å². The largest absolute Gasteiger partial charge is 0.357 e. The van der Waals surface area contributed by atoms with E-state index in [-0.39, 0.29) is 5.91 Å². The highest BCUT2D eigenvalue weighted by molar-refractivity contribution is 6.07. The zero-order valence-corrected chi connectivity index (χ0v) is 12.9. The molecule has 6 heteroatoms. The summed E-state index contributed by atoms with van der Waals surface area (Å²) in [7, 11) is 1.86. The van der Waals surface area contributed by atoms with Crippen molar-refractivity contribution in [2.24, 2.45) is 7.05 Å². The number of pyridine rings is 1. The summed E-state index contributed by atoms with van der Waals surface area (Å²) in [6.45, 7) is 3.72. The monoisotopic (exact) mass is 297 g/mol. The lowest BCUT2D eigenvalue weighted by Crippen LogP contribution is -2.30. The predicted octanol–water partition coefficient (Wildman–Crippen LogP) is 1.92. The average Bonchev–Trinajstić information content (AvgIpc) is 2.84. The van der Waals surface area contributed by atoms with Crippen molar-refractivity contribution in [1.29, 1.82) is 0 Å². The van der Waals surface area contributed by atoms with Crippen LogP contribution in [-0.2, 0) is 11.8 Å². The standard InChI is InChI=1S/C16H19N5O/c1-3-7-15(22)18-16-12-11-17-14(10-13(12)20(2)19-16)21-8-5-4-6-9-21/h10-11H,4-6,8-9H2,1-2H3,(H,18,19,22). The minimum Gasteiger partial charge on any atom is -0.357 e. The van der Waals surface area contributed by atoms with Gasteiger partial charge in [-0.1, -0.05) is 5.92 Å². The smallest absolute Gasteiger partial charge is 0.301 e. The molecule has 0 aromatic carbocycles. The first-order valence-corrected chi connectivity index (χ1v) is 7.50. The highest BCUT2D eigenvalue weighted by atomic mass is 16.1. The summed E-state index contributed by atoms with van der Waals surface area (Å²) in [4.78, 5) is 18.5. The van der Waals surface area contributed by atoms with Gasteiger partial charge in [0.2, 0.25) is 0 Å². The second kappa shape index (κ2) is 6.06. The summed E-state index contributed by atoms with van der Waals surface area (Å²) in [6, 6.07) is 2.04. The number of aromatic nitrogens is 3. The van der Waals surface area contributed by atoms with Crippen molar-refractivity contribution in [2.45, 2.75) is 26.2 Å². The van der Waals surface area contributed by atoms with E-state index in [1.165, 1.54) is 19.3 Å². The fourth-order valence-electron chi connectivity index (χ4n) is 2.78. The number of carbonyl (C=O) groups excluding carboxylic acids is 1. The van der Waals surface area contributed by atoms with E-state index >= 15 is 0 Å². The Balaban J connectivity index is 1.93. The molecular formula is C16H19N5O. The number of aryl methyl sites for hydroxylation is 1. The highest BCUT2D eigenvalue weighted by Crippen LogP contribution is 2.26. The van der Waals surface area contributed by atoms with Gasteiger partial charge in [-0.25, -0.2) is 4.98 Å². The molecular weight excluding hydrogens is 278 g/mol. The normalized spacial score (nSPS) is 14.5. The van der Waals surface area contributed by atoms with Crippen molar-refractivity contribution in [1.82, 2.24) is 14.8 Å². The Morgan fingerprint density at radius 2 is 2.09 bits per heavy atom. The van der Waals surface area contributed by atoms with Crippen LogP contribution in [0.1, 0.15) is 26.2 Å². The lowest BCUT2D eigenvalue weighted by Gasteiger charge is -2.27. The number of hydrogen-bond donors (Lipinski definition) is 1. The van der Waals surface area contributed by atoms with Gasteiger partial charge >= 0.3 is 5.91 Å². The number of hydrogen-bond acceptors (Lipinski definition) is 4. The lowest BCUT2D eigenvalue weighted by atomic mass is 10.1. The van der Waals surface area contributed by atoms with Crippen molar-refractivity contribution >= 4 is 28.4 Å². The third-order valence-electron chi connectivity index (χ3n) is 3.87. The summed E-state index contributed by atoms with van der Waals surface area (Å²) in [5.74, 6) is 6.15. The van der Waals surface area contributed by atoms with Crippen molar-refractivity contribution in [3.8, 4) is 11.8 Å². The van der Waals surface area contributed by atoms with Crippen LogP contribution in [0.4, 0.5) is 11.6 Å². The van der Waals surface area contributed by atoms with Gasteiger partial charge in [-0.2, -0.15) is 5.10 Å². The fraction of sp³-hybridized carbons (Fsp3) is 0.438. The molecule has 0 saturated carbocycles. The summed E-state index contributed by atoms with van der Waals surface area (Å²) in [5.41, 5.74) is 0.954. The fourth-order valence-corrected chi connectivity index (χ4v) is 2.78. The molecule has 3 heterocycles. The van der Waals surface area contributed by atoms with Crippen LogP contribution in [-0.4, -0.2) is 33.8 Å². The molecule has 114 valence electrons. The van der Waals surface area contributed by atoms with E-state index in [1.807, 2.05) is 13.1 Å². The molecule has 3 rings (SSSR count). The summed E-state index contributed by atoms with van der Waals surface area (Å²) >= 11 is 0. The number of amides is 1. The molecule has 6 nitrogen and oxygen atoms in total.